The fraction of sp³-hybridized carbons (Fsp3) is 0.588. The Morgan fingerprint density at radius 1 is 1.28 bits per heavy atom. The lowest BCUT2D eigenvalue weighted by atomic mass is 10.1. The number of nitrogens with one attached hydrogen (secondary N) is 1. The standard InChI is InChI=1S/C17H26N2O5S/c1-4-11-19(14-7-9-18-10-8-14)25(21,22)16-6-5-13(17(20)24-3)12-15(16)23-2/h5-6,12,14,18H,4,7-11H2,1-3H3. The minimum absolute atomic E-state index is 0.0313. The number of nitrogens with zero attached hydrogens (tertiary/aromatic N) is 1. The van der Waals surface area contributed by atoms with E-state index in [1.54, 1.807) is 4.31 Å². The van der Waals surface area contributed by atoms with E-state index in [0.717, 1.165) is 32.4 Å². The third-order valence-corrected chi connectivity index (χ3v) is 6.32. The van der Waals surface area contributed by atoms with Gasteiger partial charge in [0.1, 0.15) is 10.6 Å². The van der Waals surface area contributed by atoms with E-state index in [4.69, 9.17) is 4.74 Å². The summed E-state index contributed by atoms with van der Waals surface area (Å²) in [5, 5.41) is 3.25. The molecule has 1 aliphatic heterocycles. The van der Waals surface area contributed by atoms with Crippen molar-refractivity contribution in [2.45, 2.75) is 37.1 Å². The van der Waals surface area contributed by atoms with Gasteiger partial charge in [-0.2, -0.15) is 4.31 Å². The quantitative estimate of drug-likeness (QED) is 0.735. The molecular weight excluding hydrogens is 344 g/mol. The Labute approximate surface area is 149 Å². The van der Waals surface area contributed by atoms with E-state index in [-0.39, 0.29) is 22.3 Å². The molecule has 0 spiro atoms. The molecule has 140 valence electrons. The fourth-order valence-corrected chi connectivity index (χ4v) is 4.98. The van der Waals surface area contributed by atoms with Gasteiger partial charge in [0.05, 0.1) is 19.8 Å². The van der Waals surface area contributed by atoms with E-state index >= 15 is 0 Å². The fourth-order valence-electron chi connectivity index (χ4n) is 3.07. The van der Waals surface area contributed by atoms with Crippen molar-refractivity contribution in [1.29, 1.82) is 0 Å². The summed E-state index contributed by atoms with van der Waals surface area (Å²) in [5.74, 6) is -0.385. The number of esters is 1. The summed E-state index contributed by atoms with van der Waals surface area (Å²) in [5.41, 5.74) is 0.252. The molecule has 1 fully saturated rings. The van der Waals surface area contributed by atoms with Crippen molar-refractivity contribution >= 4 is 16.0 Å². The molecule has 0 aromatic heterocycles. The van der Waals surface area contributed by atoms with Gasteiger partial charge in [-0.25, -0.2) is 13.2 Å². The molecule has 1 aliphatic rings. The van der Waals surface area contributed by atoms with Crippen LogP contribution in [0.3, 0.4) is 0 Å². The highest BCUT2D eigenvalue weighted by Crippen LogP contribution is 2.30. The van der Waals surface area contributed by atoms with Gasteiger partial charge in [-0.3, -0.25) is 0 Å². The Hall–Kier alpha value is -1.64. The van der Waals surface area contributed by atoms with Gasteiger partial charge >= 0.3 is 5.97 Å². The van der Waals surface area contributed by atoms with Crippen LogP contribution in [0.2, 0.25) is 0 Å². The average Bonchev–Trinajstić information content (AvgIpc) is 2.65. The van der Waals surface area contributed by atoms with Crippen molar-refractivity contribution in [2.24, 2.45) is 0 Å². The third kappa shape index (κ3) is 4.31. The molecule has 2 rings (SSSR count). The molecule has 7 nitrogen and oxygen atoms in total. The Balaban J connectivity index is 2.43. The molecule has 0 bridgehead atoms. The van der Waals surface area contributed by atoms with Crippen LogP contribution in [0.25, 0.3) is 0 Å². The molecule has 0 atom stereocenters. The number of hydrogen-bond donors (Lipinski definition) is 1. The van der Waals surface area contributed by atoms with Crippen LogP contribution in [-0.2, 0) is 14.8 Å². The lowest BCUT2D eigenvalue weighted by molar-refractivity contribution is 0.0600. The van der Waals surface area contributed by atoms with Crippen LogP contribution >= 0.6 is 0 Å². The molecule has 1 aromatic carbocycles. The second-order valence-electron chi connectivity index (χ2n) is 5.95. The molecule has 0 amide bonds. The Bertz CT molecular complexity index is 699. The maximum atomic E-state index is 13.3. The van der Waals surface area contributed by atoms with Crippen molar-refractivity contribution < 1.29 is 22.7 Å². The van der Waals surface area contributed by atoms with Crippen LogP contribution in [0.15, 0.2) is 23.1 Å². The van der Waals surface area contributed by atoms with E-state index in [9.17, 15) is 13.2 Å². The molecule has 0 unspecified atom stereocenters. The SMILES string of the molecule is CCCN(C1CCNCC1)S(=O)(=O)c1ccc(C(=O)OC)cc1OC. The first kappa shape index (κ1) is 19.7. The van der Waals surface area contributed by atoms with Gasteiger partial charge in [-0.1, -0.05) is 6.92 Å². The van der Waals surface area contributed by atoms with Crippen LogP contribution in [0.1, 0.15) is 36.5 Å². The summed E-state index contributed by atoms with van der Waals surface area (Å²) in [6.07, 6.45) is 2.29. The number of piperidine rings is 1. The summed E-state index contributed by atoms with van der Waals surface area (Å²) in [6.45, 7) is 4.02. The first-order valence-corrected chi connectivity index (χ1v) is 9.88. The number of methoxy groups -OCH3 is 2. The van der Waals surface area contributed by atoms with Gasteiger partial charge in [0, 0.05) is 12.6 Å². The second kappa shape index (κ2) is 8.64. The first-order chi connectivity index (χ1) is 12.0. The highest BCUT2D eigenvalue weighted by atomic mass is 32.2. The highest BCUT2D eigenvalue weighted by Gasteiger charge is 2.34. The third-order valence-electron chi connectivity index (χ3n) is 4.33. The van der Waals surface area contributed by atoms with Crippen LogP contribution < -0.4 is 10.1 Å². The maximum absolute atomic E-state index is 13.3. The molecule has 1 N–H and O–H groups in total. The number of carbonyl (C=O) groups excluding carboxylic acids is 1. The van der Waals surface area contributed by atoms with E-state index in [0.29, 0.717) is 6.54 Å². The van der Waals surface area contributed by atoms with Crippen molar-refractivity contribution in [3.63, 3.8) is 0 Å². The topological polar surface area (TPSA) is 84.9 Å². The van der Waals surface area contributed by atoms with E-state index in [2.05, 4.69) is 10.1 Å². The molecular formula is C17H26N2O5S. The zero-order valence-electron chi connectivity index (χ0n) is 14.9. The molecule has 8 heteroatoms. The molecule has 1 heterocycles. The number of sulfonamides is 1. The number of ether oxygens (including phenoxy) is 2. The number of benzene rings is 1. The molecule has 1 saturated heterocycles. The molecule has 25 heavy (non-hydrogen) atoms. The average molecular weight is 370 g/mol. The van der Waals surface area contributed by atoms with E-state index in [1.165, 1.54) is 32.4 Å². The normalized spacial score (nSPS) is 16.0. The van der Waals surface area contributed by atoms with Crippen LogP contribution in [0, 0.1) is 0 Å². The minimum Gasteiger partial charge on any atom is -0.495 e. The summed E-state index contributed by atoms with van der Waals surface area (Å²) in [6, 6.07) is 4.25. The molecule has 0 saturated carbocycles. The van der Waals surface area contributed by atoms with E-state index < -0.39 is 16.0 Å². The zero-order valence-corrected chi connectivity index (χ0v) is 15.8. The Morgan fingerprint density at radius 3 is 2.52 bits per heavy atom. The Morgan fingerprint density at radius 2 is 1.96 bits per heavy atom. The molecule has 1 aromatic rings. The lowest BCUT2D eigenvalue weighted by Gasteiger charge is -2.33. The summed E-state index contributed by atoms with van der Waals surface area (Å²) in [7, 11) is -1.06. The number of carbonyl (C=O) groups is 1. The predicted molar refractivity (Wildman–Crippen MR) is 94.4 cm³/mol. The number of rotatable bonds is 7. The van der Waals surface area contributed by atoms with Gasteiger partial charge in [0.2, 0.25) is 10.0 Å². The largest absolute Gasteiger partial charge is 0.495 e. The van der Waals surface area contributed by atoms with Crippen LogP contribution in [0.4, 0.5) is 0 Å². The second-order valence-corrected chi connectivity index (χ2v) is 7.81. The van der Waals surface area contributed by atoms with Crippen LogP contribution in [0.5, 0.6) is 5.75 Å². The Kier molecular flexibility index (Phi) is 6.80. The predicted octanol–water partition coefficient (Wildman–Crippen LogP) is 1.63. The highest BCUT2D eigenvalue weighted by molar-refractivity contribution is 7.89. The van der Waals surface area contributed by atoms with Gasteiger partial charge in [0.25, 0.3) is 0 Å². The smallest absolute Gasteiger partial charge is 0.337 e. The molecule has 0 aliphatic carbocycles. The molecule has 0 radical (unpaired) electrons. The van der Waals surface area contributed by atoms with Crippen LogP contribution in [-0.4, -0.2) is 58.6 Å². The number of hydrogen-bond acceptors (Lipinski definition) is 6. The summed E-state index contributed by atoms with van der Waals surface area (Å²) < 4.78 is 38.0. The van der Waals surface area contributed by atoms with E-state index in [1.807, 2.05) is 6.92 Å². The zero-order chi connectivity index (χ0) is 18.4. The van der Waals surface area contributed by atoms with Crippen molar-refractivity contribution in [3.05, 3.63) is 23.8 Å². The monoisotopic (exact) mass is 370 g/mol. The van der Waals surface area contributed by atoms with Gasteiger partial charge in [0.15, 0.2) is 0 Å². The maximum Gasteiger partial charge on any atom is 0.337 e. The summed E-state index contributed by atoms with van der Waals surface area (Å²) >= 11 is 0. The van der Waals surface area contributed by atoms with Gasteiger partial charge in [-0.05, 0) is 50.6 Å². The van der Waals surface area contributed by atoms with Crippen molar-refractivity contribution in [2.75, 3.05) is 33.9 Å². The van der Waals surface area contributed by atoms with Gasteiger partial charge in [-0.15, -0.1) is 0 Å². The van der Waals surface area contributed by atoms with Crippen molar-refractivity contribution in [3.8, 4) is 5.75 Å². The minimum atomic E-state index is -3.73. The van der Waals surface area contributed by atoms with Crippen molar-refractivity contribution in [1.82, 2.24) is 9.62 Å². The van der Waals surface area contributed by atoms with Gasteiger partial charge < -0.3 is 14.8 Å². The first-order valence-electron chi connectivity index (χ1n) is 8.44. The summed E-state index contributed by atoms with van der Waals surface area (Å²) in [4.78, 5) is 11.8. The lowest BCUT2D eigenvalue weighted by Crippen LogP contribution is -2.46.